The van der Waals surface area contributed by atoms with Gasteiger partial charge in [0.25, 0.3) is 11.8 Å². The van der Waals surface area contributed by atoms with Gasteiger partial charge in [0.05, 0.1) is 11.2 Å². The lowest BCUT2D eigenvalue weighted by Crippen LogP contribution is -2.32. The molecule has 10 heteroatoms. The minimum atomic E-state index is -3.60. The van der Waals surface area contributed by atoms with E-state index in [1.165, 1.54) is 34.8 Å². The Balaban J connectivity index is 1.71. The number of aromatic nitrogens is 2. The molecule has 154 valence electrons. The van der Waals surface area contributed by atoms with Gasteiger partial charge in [-0.05, 0) is 49.2 Å². The number of hydrogen-bond donors (Lipinski definition) is 1. The highest BCUT2D eigenvalue weighted by Crippen LogP contribution is 2.21. The standard InChI is InChI=1S/C19H22N4O5S/c1-3-11-23(12-4-2)29(25,26)15-9-7-14(8-10-15)17(24)20-19-22-21-18(28-19)16-6-5-13-27-16/h5-10,13H,3-4,11-12H2,1-2H3,(H,20,22,24). The molecule has 0 aliphatic carbocycles. The Morgan fingerprint density at radius 2 is 1.76 bits per heavy atom. The minimum absolute atomic E-state index is 0.0878. The fourth-order valence-corrected chi connectivity index (χ4v) is 4.35. The molecule has 2 aromatic heterocycles. The Labute approximate surface area is 168 Å². The topological polar surface area (TPSA) is 119 Å². The molecule has 2 heterocycles. The number of nitrogens with zero attached hydrogens (tertiary/aromatic N) is 3. The Hall–Kier alpha value is -2.98. The predicted molar refractivity (Wildman–Crippen MR) is 106 cm³/mol. The van der Waals surface area contributed by atoms with Crippen molar-refractivity contribution >= 4 is 21.9 Å². The normalized spacial score (nSPS) is 11.7. The van der Waals surface area contributed by atoms with Gasteiger partial charge in [-0.25, -0.2) is 8.42 Å². The van der Waals surface area contributed by atoms with E-state index in [0.717, 1.165) is 12.8 Å². The number of amides is 1. The van der Waals surface area contributed by atoms with Gasteiger partial charge in [0.1, 0.15) is 0 Å². The number of benzene rings is 1. The second kappa shape index (κ2) is 9.01. The van der Waals surface area contributed by atoms with Gasteiger partial charge in [-0.1, -0.05) is 18.9 Å². The Bertz CT molecular complexity index is 1040. The Morgan fingerprint density at radius 3 is 2.34 bits per heavy atom. The number of furan rings is 1. The highest BCUT2D eigenvalue weighted by molar-refractivity contribution is 7.89. The number of carbonyl (C=O) groups excluding carboxylic acids is 1. The van der Waals surface area contributed by atoms with Crippen molar-refractivity contribution in [2.45, 2.75) is 31.6 Å². The fourth-order valence-electron chi connectivity index (χ4n) is 2.72. The van der Waals surface area contributed by atoms with Crippen LogP contribution < -0.4 is 5.32 Å². The number of nitrogens with one attached hydrogen (secondary N) is 1. The summed E-state index contributed by atoms with van der Waals surface area (Å²) in [4.78, 5) is 12.5. The van der Waals surface area contributed by atoms with Crippen molar-refractivity contribution in [3.63, 3.8) is 0 Å². The van der Waals surface area contributed by atoms with Gasteiger partial charge in [-0.3, -0.25) is 10.1 Å². The molecule has 0 aliphatic heterocycles. The zero-order chi connectivity index (χ0) is 20.9. The third kappa shape index (κ3) is 4.72. The summed E-state index contributed by atoms with van der Waals surface area (Å²) in [5.41, 5.74) is 0.263. The third-order valence-corrected chi connectivity index (χ3v) is 5.99. The maximum atomic E-state index is 12.8. The Morgan fingerprint density at radius 1 is 1.07 bits per heavy atom. The van der Waals surface area contributed by atoms with Crippen molar-refractivity contribution in [3.8, 4) is 11.7 Å². The van der Waals surface area contributed by atoms with Gasteiger partial charge in [0.15, 0.2) is 5.76 Å². The lowest BCUT2D eigenvalue weighted by Gasteiger charge is -2.21. The van der Waals surface area contributed by atoms with Crippen molar-refractivity contribution < 1.29 is 22.0 Å². The van der Waals surface area contributed by atoms with Crippen LogP contribution >= 0.6 is 0 Å². The van der Waals surface area contributed by atoms with Crippen LogP contribution in [0.5, 0.6) is 0 Å². The first-order valence-electron chi connectivity index (χ1n) is 9.24. The summed E-state index contributed by atoms with van der Waals surface area (Å²) in [5, 5.41) is 10.0. The van der Waals surface area contributed by atoms with Crippen LogP contribution in [0.2, 0.25) is 0 Å². The summed E-state index contributed by atoms with van der Waals surface area (Å²) in [7, 11) is -3.60. The van der Waals surface area contributed by atoms with E-state index >= 15 is 0 Å². The molecule has 0 spiro atoms. The molecule has 0 saturated carbocycles. The first-order valence-corrected chi connectivity index (χ1v) is 10.7. The van der Waals surface area contributed by atoms with Crippen molar-refractivity contribution in [2.24, 2.45) is 0 Å². The maximum absolute atomic E-state index is 12.8. The van der Waals surface area contributed by atoms with Crippen molar-refractivity contribution in [1.82, 2.24) is 14.5 Å². The molecule has 1 N–H and O–H groups in total. The molecule has 0 radical (unpaired) electrons. The molecule has 0 unspecified atom stereocenters. The molecule has 0 saturated heterocycles. The fraction of sp³-hybridized carbons (Fsp3) is 0.316. The second-order valence-corrected chi connectivity index (χ2v) is 8.21. The van der Waals surface area contributed by atoms with Crippen LogP contribution in [0.4, 0.5) is 6.01 Å². The number of carbonyl (C=O) groups is 1. The van der Waals surface area contributed by atoms with Gasteiger partial charge in [-0.2, -0.15) is 4.31 Å². The summed E-state index contributed by atoms with van der Waals surface area (Å²) >= 11 is 0. The summed E-state index contributed by atoms with van der Waals surface area (Å²) in [6.07, 6.45) is 2.92. The molecule has 29 heavy (non-hydrogen) atoms. The molecule has 1 amide bonds. The molecule has 0 fully saturated rings. The van der Waals surface area contributed by atoms with Crippen molar-refractivity contribution in [2.75, 3.05) is 18.4 Å². The number of hydrogen-bond acceptors (Lipinski definition) is 7. The van der Waals surface area contributed by atoms with E-state index in [4.69, 9.17) is 8.83 Å². The van der Waals surface area contributed by atoms with E-state index in [9.17, 15) is 13.2 Å². The van der Waals surface area contributed by atoms with E-state index < -0.39 is 15.9 Å². The lowest BCUT2D eigenvalue weighted by molar-refractivity contribution is 0.102. The molecule has 0 aliphatic rings. The quantitative estimate of drug-likeness (QED) is 0.566. The third-order valence-electron chi connectivity index (χ3n) is 4.08. The molecule has 3 aromatic rings. The summed E-state index contributed by atoms with van der Waals surface area (Å²) < 4.78 is 37.5. The van der Waals surface area contributed by atoms with E-state index in [2.05, 4.69) is 15.5 Å². The number of sulfonamides is 1. The van der Waals surface area contributed by atoms with Crippen LogP contribution in [0.25, 0.3) is 11.7 Å². The molecule has 1 aromatic carbocycles. The van der Waals surface area contributed by atoms with Crippen LogP contribution in [-0.4, -0.2) is 41.9 Å². The van der Waals surface area contributed by atoms with E-state index in [1.54, 1.807) is 12.1 Å². The predicted octanol–water partition coefficient (Wildman–Crippen LogP) is 3.39. The average molecular weight is 418 g/mol. The molecule has 0 bridgehead atoms. The molecular formula is C19H22N4O5S. The Kier molecular flexibility index (Phi) is 6.45. The van der Waals surface area contributed by atoms with Gasteiger partial charge in [0.2, 0.25) is 10.0 Å². The van der Waals surface area contributed by atoms with Gasteiger partial charge >= 0.3 is 6.01 Å². The first kappa shape index (κ1) is 20.7. The molecule has 3 rings (SSSR count). The van der Waals surface area contributed by atoms with Gasteiger partial charge < -0.3 is 8.83 Å². The second-order valence-electron chi connectivity index (χ2n) is 6.27. The van der Waals surface area contributed by atoms with E-state index in [1.807, 2.05) is 13.8 Å². The van der Waals surface area contributed by atoms with Crippen LogP contribution in [0.1, 0.15) is 37.0 Å². The average Bonchev–Trinajstić information content (AvgIpc) is 3.39. The van der Waals surface area contributed by atoms with Gasteiger partial charge in [-0.15, -0.1) is 5.10 Å². The van der Waals surface area contributed by atoms with E-state index in [-0.39, 0.29) is 22.4 Å². The van der Waals surface area contributed by atoms with Crippen molar-refractivity contribution in [3.05, 3.63) is 48.2 Å². The van der Waals surface area contributed by atoms with Crippen LogP contribution in [0.3, 0.4) is 0 Å². The summed E-state index contributed by atoms with van der Waals surface area (Å²) in [6.45, 7) is 4.77. The number of anilines is 1. The van der Waals surface area contributed by atoms with E-state index in [0.29, 0.717) is 18.8 Å². The molecule has 0 atom stereocenters. The monoisotopic (exact) mass is 418 g/mol. The number of rotatable bonds is 9. The zero-order valence-corrected chi connectivity index (χ0v) is 17.0. The lowest BCUT2D eigenvalue weighted by atomic mass is 10.2. The summed E-state index contributed by atoms with van der Waals surface area (Å²) in [5.74, 6) is 0.0255. The van der Waals surface area contributed by atoms with Crippen LogP contribution in [-0.2, 0) is 10.0 Å². The highest BCUT2D eigenvalue weighted by atomic mass is 32.2. The largest absolute Gasteiger partial charge is 0.459 e. The maximum Gasteiger partial charge on any atom is 0.322 e. The molecule has 9 nitrogen and oxygen atoms in total. The van der Waals surface area contributed by atoms with Gasteiger partial charge in [0, 0.05) is 18.7 Å². The smallest absolute Gasteiger partial charge is 0.322 e. The highest BCUT2D eigenvalue weighted by Gasteiger charge is 2.23. The minimum Gasteiger partial charge on any atom is -0.459 e. The van der Waals surface area contributed by atoms with Crippen LogP contribution in [0, 0.1) is 0 Å². The first-order chi connectivity index (χ1) is 14.0. The SMILES string of the molecule is CCCN(CCC)S(=O)(=O)c1ccc(C(=O)Nc2nnc(-c3ccco3)o2)cc1. The van der Waals surface area contributed by atoms with Crippen LogP contribution in [0.15, 0.2) is 56.4 Å². The molecular weight excluding hydrogens is 396 g/mol. The summed E-state index contributed by atoms with van der Waals surface area (Å²) in [6, 6.07) is 8.98. The zero-order valence-electron chi connectivity index (χ0n) is 16.2. The van der Waals surface area contributed by atoms with Crippen molar-refractivity contribution in [1.29, 1.82) is 0 Å².